The number of pyridine rings is 1. The Morgan fingerprint density at radius 3 is 2.64 bits per heavy atom. The molecule has 0 saturated heterocycles. The summed E-state index contributed by atoms with van der Waals surface area (Å²) >= 11 is 0. The highest BCUT2D eigenvalue weighted by Crippen LogP contribution is 2.27. The first-order valence-electron chi connectivity index (χ1n) is 8.50. The molecule has 1 unspecified atom stereocenters. The molecule has 0 aliphatic heterocycles. The van der Waals surface area contributed by atoms with Crippen molar-refractivity contribution in [2.75, 3.05) is 0 Å². The number of nitrogens with one attached hydrogen (secondary N) is 2. The van der Waals surface area contributed by atoms with Gasteiger partial charge >= 0.3 is 6.18 Å². The van der Waals surface area contributed by atoms with Crippen molar-refractivity contribution in [1.29, 1.82) is 0 Å². The Labute approximate surface area is 159 Å². The van der Waals surface area contributed by atoms with E-state index in [0.29, 0.717) is 23.5 Å². The van der Waals surface area contributed by atoms with Gasteiger partial charge in [-0.2, -0.15) is 18.3 Å². The second kappa shape index (κ2) is 7.45. The van der Waals surface area contributed by atoms with Crippen molar-refractivity contribution < 1.29 is 18.0 Å². The lowest BCUT2D eigenvalue weighted by Crippen LogP contribution is -2.28. The topological polar surface area (TPSA) is 88.5 Å². The molecule has 3 aromatic rings. The number of nitrogens with zero attached hydrogens (tertiary/aromatic N) is 4. The maximum atomic E-state index is 12.6. The fourth-order valence-electron chi connectivity index (χ4n) is 2.76. The number of alkyl halides is 3. The first-order chi connectivity index (χ1) is 13.1. The Bertz CT molecular complexity index is 974. The number of amides is 1. The Balaban J connectivity index is 1.70. The van der Waals surface area contributed by atoms with Gasteiger partial charge in [-0.25, -0.2) is 4.98 Å². The number of carbonyl (C=O) groups excluding carboxylic acids is 1. The summed E-state index contributed by atoms with van der Waals surface area (Å²) in [5, 5.41) is 6.98. The maximum Gasteiger partial charge on any atom is 0.433 e. The molecule has 10 heteroatoms. The standard InChI is InChI=1S/C18H19F3N6O/c1-10-13(6-12-4-5-14(22-7-12)18(19,20)21)8-23-15(10)17(28)25-11(2)16-24-9-27(3)26-16/h4-5,7-9,11,23H,6H2,1-3H3,(H,25,28). The van der Waals surface area contributed by atoms with E-state index < -0.39 is 11.9 Å². The Kier molecular flexibility index (Phi) is 5.21. The van der Waals surface area contributed by atoms with Crippen molar-refractivity contribution in [2.24, 2.45) is 7.05 Å². The summed E-state index contributed by atoms with van der Waals surface area (Å²) in [4.78, 5) is 23.0. The van der Waals surface area contributed by atoms with Crippen LogP contribution in [0.4, 0.5) is 13.2 Å². The van der Waals surface area contributed by atoms with Gasteiger partial charge in [0.05, 0.1) is 6.04 Å². The van der Waals surface area contributed by atoms with Crippen molar-refractivity contribution in [2.45, 2.75) is 32.5 Å². The summed E-state index contributed by atoms with van der Waals surface area (Å²) in [7, 11) is 1.74. The molecule has 0 aromatic carbocycles. The Hall–Kier alpha value is -3.17. The average Bonchev–Trinajstić information content (AvgIpc) is 3.21. The van der Waals surface area contributed by atoms with Crippen LogP contribution in [0.15, 0.2) is 30.9 Å². The van der Waals surface area contributed by atoms with Crippen LogP contribution in [0.1, 0.15) is 51.7 Å². The zero-order valence-electron chi connectivity index (χ0n) is 15.5. The molecule has 0 radical (unpaired) electrons. The van der Waals surface area contributed by atoms with Gasteiger partial charge < -0.3 is 10.3 Å². The molecule has 0 saturated carbocycles. The van der Waals surface area contributed by atoms with E-state index in [1.165, 1.54) is 12.3 Å². The average molecular weight is 392 g/mol. The number of aryl methyl sites for hydroxylation is 1. The normalized spacial score (nSPS) is 12.8. The Morgan fingerprint density at radius 2 is 2.07 bits per heavy atom. The van der Waals surface area contributed by atoms with Crippen LogP contribution in [0.3, 0.4) is 0 Å². The summed E-state index contributed by atoms with van der Waals surface area (Å²) in [5.74, 6) is 0.186. The van der Waals surface area contributed by atoms with Gasteiger partial charge in [0.25, 0.3) is 5.91 Å². The molecule has 3 heterocycles. The highest BCUT2D eigenvalue weighted by molar-refractivity contribution is 5.94. The van der Waals surface area contributed by atoms with Gasteiger partial charge in [-0.05, 0) is 36.6 Å². The van der Waals surface area contributed by atoms with Crippen molar-refractivity contribution in [1.82, 2.24) is 30.0 Å². The molecule has 0 aliphatic carbocycles. The lowest BCUT2D eigenvalue weighted by molar-refractivity contribution is -0.141. The number of aromatic nitrogens is 5. The van der Waals surface area contributed by atoms with E-state index in [-0.39, 0.29) is 11.9 Å². The second-order valence-corrected chi connectivity index (χ2v) is 6.51. The van der Waals surface area contributed by atoms with E-state index >= 15 is 0 Å². The fraction of sp³-hybridized carbons (Fsp3) is 0.333. The van der Waals surface area contributed by atoms with Gasteiger partial charge in [0.1, 0.15) is 17.7 Å². The van der Waals surface area contributed by atoms with E-state index in [0.717, 1.165) is 17.2 Å². The monoisotopic (exact) mass is 392 g/mol. The predicted octanol–water partition coefficient (Wildman–Crippen LogP) is 2.95. The molecular weight excluding hydrogens is 373 g/mol. The van der Waals surface area contributed by atoms with Crippen LogP contribution in [-0.2, 0) is 19.6 Å². The van der Waals surface area contributed by atoms with Gasteiger partial charge in [0.15, 0.2) is 5.82 Å². The summed E-state index contributed by atoms with van der Waals surface area (Å²) in [6, 6.07) is 1.96. The van der Waals surface area contributed by atoms with E-state index in [4.69, 9.17) is 0 Å². The van der Waals surface area contributed by atoms with Crippen LogP contribution in [0.5, 0.6) is 0 Å². The molecule has 0 bridgehead atoms. The van der Waals surface area contributed by atoms with Gasteiger partial charge in [-0.15, -0.1) is 0 Å². The molecule has 1 atom stereocenters. The lowest BCUT2D eigenvalue weighted by Gasteiger charge is -2.10. The van der Waals surface area contributed by atoms with Crippen LogP contribution in [0, 0.1) is 6.92 Å². The van der Waals surface area contributed by atoms with Crippen LogP contribution in [0.25, 0.3) is 0 Å². The first kappa shape index (κ1) is 19.6. The minimum absolute atomic E-state index is 0.311. The van der Waals surface area contributed by atoms with Gasteiger partial charge in [-0.1, -0.05) is 6.07 Å². The van der Waals surface area contributed by atoms with E-state index in [9.17, 15) is 18.0 Å². The van der Waals surface area contributed by atoms with Crippen molar-refractivity contribution in [3.05, 3.63) is 64.8 Å². The molecule has 148 valence electrons. The van der Waals surface area contributed by atoms with Crippen LogP contribution < -0.4 is 5.32 Å². The molecular formula is C18H19F3N6O. The van der Waals surface area contributed by atoms with E-state index in [1.54, 1.807) is 38.1 Å². The second-order valence-electron chi connectivity index (χ2n) is 6.51. The number of halogens is 3. The number of aromatic amines is 1. The molecule has 3 aromatic heterocycles. The number of carbonyl (C=O) groups is 1. The van der Waals surface area contributed by atoms with Gasteiger partial charge in [-0.3, -0.25) is 14.5 Å². The summed E-state index contributed by atoms with van der Waals surface area (Å²) < 4.78 is 39.4. The minimum Gasteiger partial charge on any atom is -0.357 e. The molecule has 2 N–H and O–H groups in total. The molecule has 0 fully saturated rings. The zero-order chi connectivity index (χ0) is 20.5. The molecule has 0 aliphatic rings. The quantitative estimate of drug-likeness (QED) is 0.699. The molecule has 7 nitrogen and oxygen atoms in total. The highest BCUT2D eigenvalue weighted by Gasteiger charge is 2.32. The number of hydrogen-bond donors (Lipinski definition) is 2. The number of rotatable bonds is 5. The van der Waals surface area contributed by atoms with Crippen molar-refractivity contribution in [3.8, 4) is 0 Å². The Morgan fingerprint density at radius 1 is 1.32 bits per heavy atom. The van der Waals surface area contributed by atoms with Gasteiger partial charge in [0.2, 0.25) is 0 Å². The van der Waals surface area contributed by atoms with Crippen molar-refractivity contribution in [3.63, 3.8) is 0 Å². The molecule has 28 heavy (non-hydrogen) atoms. The molecule has 3 rings (SSSR count). The largest absolute Gasteiger partial charge is 0.433 e. The SMILES string of the molecule is Cc1c(Cc2ccc(C(F)(F)F)nc2)c[nH]c1C(=O)NC(C)c1ncn(C)n1. The van der Waals surface area contributed by atoms with Crippen LogP contribution in [-0.4, -0.2) is 30.6 Å². The molecule has 0 spiro atoms. The minimum atomic E-state index is -4.47. The number of H-pyrrole nitrogens is 1. The maximum absolute atomic E-state index is 12.6. The summed E-state index contributed by atoms with van der Waals surface area (Å²) in [6.07, 6.45) is 0.314. The van der Waals surface area contributed by atoms with Crippen molar-refractivity contribution >= 4 is 5.91 Å². The predicted molar refractivity (Wildman–Crippen MR) is 94.5 cm³/mol. The molecule has 1 amide bonds. The zero-order valence-corrected chi connectivity index (χ0v) is 15.5. The van der Waals surface area contributed by atoms with Gasteiger partial charge in [0, 0.05) is 25.9 Å². The fourth-order valence-corrected chi connectivity index (χ4v) is 2.76. The van der Waals surface area contributed by atoms with E-state index in [2.05, 4.69) is 25.4 Å². The summed E-state index contributed by atoms with van der Waals surface area (Å²) in [6.45, 7) is 3.56. The third-order valence-electron chi connectivity index (χ3n) is 4.34. The third-order valence-corrected chi connectivity index (χ3v) is 4.34. The van der Waals surface area contributed by atoms with Crippen LogP contribution >= 0.6 is 0 Å². The smallest absolute Gasteiger partial charge is 0.357 e. The third kappa shape index (κ3) is 4.21. The lowest BCUT2D eigenvalue weighted by atomic mass is 10.0. The van der Waals surface area contributed by atoms with E-state index in [1.807, 2.05) is 0 Å². The summed E-state index contributed by atoms with van der Waals surface area (Å²) in [5.41, 5.74) is 1.60. The number of hydrogen-bond acceptors (Lipinski definition) is 4. The first-order valence-corrected chi connectivity index (χ1v) is 8.50. The van der Waals surface area contributed by atoms with Crippen LogP contribution in [0.2, 0.25) is 0 Å². The highest BCUT2D eigenvalue weighted by atomic mass is 19.4.